The number of carboxylic acid groups (broad SMARTS) is 1. The van der Waals surface area contributed by atoms with Gasteiger partial charge in [0.05, 0.1) is 0 Å². The summed E-state index contributed by atoms with van der Waals surface area (Å²) in [5.41, 5.74) is 1.71. The summed E-state index contributed by atoms with van der Waals surface area (Å²) < 4.78 is 0. The number of hydrogen-bond donors (Lipinski definition) is 2. The van der Waals surface area contributed by atoms with E-state index in [-0.39, 0.29) is 5.91 Å². The van der Waals surface area contributed by atoms with Crippen LogP contribution in [0.2, 0.25) is 0 Å². The van der Waals surface area contributed by atoms with Gasteiger partial charge in [0.2, 0.25) is 0 Å². The highest BCUT2D eigenvalue weighted by Gasteiger charge is 2.19. The van der Waals surface area contributed by atoms with Crippen LogP contribution in [0.25, 0.3) is 0 Å². The maximum Gasteiger partial charge on any atom is 0.326 e. The van der Waals surface area contributed by atoms with Gasteiger partial charge in [0.25, 0.3) is 5.91 Å². The average Bonchev–Trinajstić information content (AvgIpc) is 2.49. The van der Waals surface area contributed by atoms with Gasteiger partial charge in [-0.3, -0.25) is 4.79 Å². The predicted octanol–water partition coefficient (Wildman–Crippen LogP) is 3.40. The van der Waals surface area contributed by atoms with Gasteiger partial charge in [-0.25, -0.2) is 4.79 Å². The van der Waals surface area contributed by atoms with Crippen LogP contribution >= 0.6 is 0 Å². The van der Waals surface area contributed by atoms with Gasteiger partial charge in [-0.05, 0) is 37.0 Å². The van der Waals surface area contributed by atoms with Crippen LogP contribution in [-0.4, -0.2) is 23.0 Å². The number of aryl methyl sites for hydroxylation is 1. The number of amides is 1. The number of hydrogen-bond acceptors (Lipinski definition) is 2. The van der Waals surface area contributed by atoms with Gasteiger partial charge in [-0.1, -0.05) is 45.2 Å². The van der Waals surface area contributed by atoms with Crippen molar-refractivity contribution in [3.05, 3.63) is 35.4 Å². The third-order valence-electron chi connectivity index (χ3n) is 3.48. The summed E-state index contributed by atoms with van der Waals surface area (Å²) in [6, 6.07) is 6.59. The van der Waals surface area contributed by atoms with Gasteiger partial charge in [0.15, 0.2) is 0 Å². The zero-order chi connectivity index (χ0) is 15.7. The Hall–Kier alpha value is -1.84. The van der Waals surface area contributed by atoms with E-state index in [9.17, 15) is 9.59 Å². The van der Waals surface area contributed by atoms with Crippen LogP contribution in [0.3, 0.4) is 0 Å². The molecule has 0 aliphatic carbocycles. The van der Waals surface area contributed by atoms with Crippen molar-refractivity contribution in [3.63, 3.8) is 0 Å². The Morgan fingerprint density at radius 1 is 1.10 bits per heavy atom. The summed E-state index contributed by atoms with van der Waals surface area (Å²) in [5, 5.41) is 11.7. The number of unbranched alkanes of at least 4 members (excludes halogenated alkanes) is 2. The lowest BCUT2D eigenvalue weighted by Crippen LogP contribution is -2.40. The zero-order valence-corrected chi connectivity index (χ0v) is 12.9. The van der Waals surface area contributed by atoms with E-state index >= 15 is 0 Å². The maximum absolute atomic E-state index is 12.1. The number of benzene rings is 1. The fourth-order valence-electron chi connectivity index (χ4n) is 2.11. The molecule has 1 rings (SSSR count). The van der Waals surface area contributed by atoms with Crippen LogP contribution in [-0.2, 0) is 11.2 Å². The van der Waals surface area contributed by atoms with Gasteiger partial charge in [-0.2, -0.15) is 0 Å². The second kappa shape index (κ2) is 9.16. The van der Waals surface area contributed by atoms with E-state index in [1.54, 1.807) is 12.1 Å². The van der Waals surface area contributed by atoms with E-state index in [2.05, 4.69) is 12.2 Å². The minimum atomic E-state index is -0.976. The largest absolute Gasteiger partial charge is 0.480 e. The predicted molar refractivity (Wildman–Crippen MR) is 83.5 cm³/mol. The lowest BCUT2D eigenvalue weighted by atomic mass is 10.1. The molecule has 4 nitrogen and oxygen atoms in total. The molecule has 0 aromatic heterocycles. The Bertz CT molecular complexity index is 454. The van der Waals surface area contributed by atoms with Crippen LogP contribution in [0.4, 0.5) is 0 Å². The van der Waals surface area contributed by atoms with Gasteiger partial charge < -0.3 is 10.4 Å². The second-order valence-electron chi connectivity index (χ2n) is 5.31. The summed E-state index contributed by atoms with van der Waals surface area (Å²) in [5.74, 6) is -1.29. The molecule has 0 aliphatic heterocycles. The van der Waals surface area contributed by atoms with Crippen LogP contribution in [0, 0.1) is 0 Å². The first-order chi connectivity index (χ1) is 10.1. The van der Waals surface area contributed by atoms with Crippen molar-refractivity contribution in [2.75, 3.05) is 0 Å². The molecule has 116 valence electrons. The van der Waals surface area contributed by atoms with Gasteiger partial charge in [-0.15, -0.1) is 0 Å². The molecule has 1 unspecified atom stereocenters. The normalized spacial score (nSPS) is 11.9. The molecular formula is C17H25NO3. The molecule has 0 heterocycles. The van der Waals surface area contributed by atoms with Crippen molar-refractivity contribution in [2.45, 2.75) is 58.4 Å². The molecule has 1 amide bonds. The summed E-state index contributed by atoms with van der Waals surface area (Å²) in [7, 11) is 0. The molecule has 1 aromatic carbocycles. The molecule has 0 fully saturated rings. The molecule has 0 radical (unpaired) electrons. The molecule has 2 N–H and O–H groups in total. The lowest BCUT2D eigenvalue weighted by molar-refractivity contribution is -0.139. The van der Waals surface area contributed by atoms with Crippen molar-refractivity contribution >= 4 is 11.9 Å². The van der Waals surface area contributed by atoms with Crippen molar-refractivity contribution in [2.24, 2.45) is 0 Å². The molecule has 0 saturated carbocycles. The first-order valence-electron chi connectivity index (χ1n) is 7.71. The van der Waals surface area contributed by atoms with E-state index in [0.717, 1.165) is 32.1 Å². The van der Waals surface area contributed by atoms with Crippen LogP contribution < -0.4 is 5.32 Å². The van der Waals surface area contributed by atoms with Crippen LogP contribution in [0.1, 0.15) is 61.9 Å². The zero-order valence-electron chi connectivity index (χ0n) is 12.9. The number of aliphatic carboxylic acids is 1. The minimum absolute atomic E-state index is 0.319. The quantitative estimate of drug-likeness (QED) is 0.732. The fourth-order valence-corrected chi connectivity index (χ4v) is 2.11. The average molecular weight is 291 g/mol. The van der Waals surface area contributed by atoms with Crippen molar-refractivity contribution < 1.29 is 14.7 Å². The highest BCUT2D eigenvalue weighted by atomic mass is 16.4. The topological polar surface area (TPSA) is 66.4 Å². The Morgan fingerprint density at radius 3 is 2.24 bits per heavy atom. The van der Waals surface area contributed by atoms with Crippen LogP contribution in [0.15, 0.2) is 24.3 Å². The Morgan fingerprint density at radius 2 is 1.71 bits per heavy atom. The van der Waals surface area contributed by atoms with Crippen molar-refractivity contribution in [1.82, 2.24) is 5.32 Å². The molecule has 0 spiro atoms. The Balaban J connectivity index is 2.62. The SMILES string of the molecule is CCCCc1ccc(C(=O)NC(CCCC)C(=O)O)cc1. The fraction of sp³-hybridized carbons (Fsp3) is 0.529. The minimum Gasteiger partial charge on any atom is -0.480 e. The Labute approximate surface area is 126 Å². The molecule has 0 aliphatic rings. The first kappa shape index (κ1) is 17.2. The van der Waals surface area contributed by atoms with E-state index in [4.69, 9.17) is 5.11 Å². The van der Waals surface area contributed by atoms with E-state index in [1.807, 2.05) is 19.1 Å². The standard InChI is InChI=1S/C17H25NO3/c1-3-5-7-13-9-11-14(12-10-13)16(19)18-15(17(20)21)8-6-4-2/h9-12,15H,3-8H2,1-2H3,(H,18,19)(H,20,21). The van der Waals surface area contributed by atoms with E-state index < -0.39 is 12.0 Å². The molecular weight excluding hydrogens is 266 g/mol. The highest BCUT2D eigenvalue weighted by Crippen LogP contribution is 2.09. The van der Waals surface area contributed by atoms with E-state index in [0.29, 0.717) is 12.0 Å². The summed E-state index contributed by atoms with van der Waals surface area (Å²) >= 11 is 0. The number of nitrogens with one attached hydrogen (secondary N) is 1. The number of carbonyl (C=O) groups excluding carboxylic acids is 1. The molecule has 0 saturated heterocycles. The first-order valence-corrected chi connectivity index (χ1v) is 7.71. The second-order valence-corrected chi connectivity index (χ2v) is 5.31. The van der Waals surface area contributed by atoms with Gasteiger partial charge in [0.1, 0.15) is 6.04 Å². The third-order valence-corrected chi connectivity index (χ3v) is 3.48. The highest BCUT2D eigenvalue weighted by molar-refractivity contribution is 5.96. The number of rotatable bonds is 9. The maximum atomic E-state index is 12.1. The molecule has 21 heavy (non-hydrogen) atoms. The van der Waals surface area contributed by atoms with Crippen molar-refractivity contribution in [3.8, 4) is 0 Å². The van der Waals surface area contributed by atoms with E-state index in [1.165, 1.54) is 5.56 Å². The Kier molecular flexibility index (Phi) is 7.51. The third kappa shape index (κ3) is 5.98. The molecule has 0 bridgehead atoms. The monoisotopic (exact) mass is 291 g/mol. The molecule has 1 aromatic rings. The van der Waals surface area contributed by atoms with Gasteiger partial charge in [0, 0.05) is 5.56 Å². The smallest absolute Gasteiger partial charge is 0.326 e. The number of carboxylic acids is 1. The van der Waals surface area contributed by atoms with Gasteiger partial charge >= 0.3 is 5.97 Å². The molecule has 1 atom stereocenters. The van der Waals surface area contributed by atoms with Crippen LogP contribution in [0.5, 0.6) is 0 Å². The summed E-state index contributed by atoms with van der Waals surface area (Å²) in [6.07, 6.45) is 5.43. The lowest BCUT2D eigenvalue weighted by Gasteiger charge is -2.14. The van der Waals surface area contributed by atoms with Crippen molar-refractivity contribution in [1.29, 1.82) is 0 Å². The molecule has 4 heteroatoms. The summed E-state index contributed by atoms with van der Waals surface area (Å²) in [6.45, 7) is 4.14. The number of carbonyl (C=O) groups is 2. The summed E-state index contributed by atoms with van der Waals surface area (Å²) in [4.78, 5) is 23.2.